The number of amides is 1. The summed E-state index contributed by atoms with van der Waals surface area (Å²) in [5.41, 5.74) is 2.93. The minimum Gasteiger partial charge on any atom is -0.436 e. The highest BCUT2D eigenvalue weighted by molar-refractivity contribution is 7.80. The number of thiocarbonyl (C=S) groups is 1. The molecule has 2 N–H and O–H groups in total. The highest BCUT2D eigenvalue weighted by Crippen LogP contribution is 2.27. The Morgan fingerprint density at radius 2 is 1.77 bits per heavy atom. The number of benzene rings is 3. The van der Waals surface area contributed by atoms with Crippen molar-refractivity contribution in [2.45, 2.75) is 0 Å². The molecule has 5 nitrogen and oxygen atoms in total. The van der Waals surface area contributed by atoms with Crippen LogP contribution in [-0.4, -0.2) is 16.0 Å². The van der Waals surface area contributed by atoms with E-state index in [9.17, 15) is 4.79 Å². The maximum atomic E-state index is 12.4. The van der Waals surface area contributed by atoms with Crippen LogP contribution >= 0.6 is 47.0 Å². The Bertz CT molecular complexity index is 1270. The lowest BCUT2D eigenvalue weighted by Gasteiger charge is -2.10. The number of aromatic nitrogens is 1. The van der Waals surface area contributed by atoms with E-state index in [1.807, 2.05) is 12.1 Å². The summed E-state index contributed by atoms with van der Waals surface area (Å²) >= 11 is 23.2. The SMILES string of the molecule is O=C(NC(=S)Nc1ccc2oc(-c3ccc(Cl)cc3)nc2c1)c1cccc(Cl)c1Cl. The van der Waals surface area contributed by atoms with Gasteiger partial charge in [-0.1, -0.05) is 40.9 Å². The molecule has 1 aromatic heterocycles. The van der Waals surface area contributed by atoms with E-state index in [0.717, 1.165) is 5.56 Å². The summed E-state index contributed by atoms with van der Waals surface area (Å²) < 4.78 is 5.79. The molecule has 4 rings (SSSR count). The number of halogens is 3. The van der Waals surface area contributed by atoms with E-state index in [2.05, 4.69) is 15.6 Å². The molecule has 4 aromatic rings. The zero-order chi connectivity index (χ0) is 21.3. The van der Waals surface area contributed by atoms with E-state index in [1.165, 1.54) is 0 Å². The second-order valence-corrected chi connectivity index (χ2v) is 7.85. The highest BCUT2D eigenvalue weighted by atomic mass is 35.5. The summed E-state index contributed by atoms with van der Waals surface area (Å²) in [6, 6.07) is 17.3. The molecular weight excluding hydrogens is 465 g/mol. The minimum absolute atomic E-state index is 0.108. The van der Waals surface area contributed by atoms with Gasteiger partial charge in [-0.15, -0.1) is 0 Å². The second kappa shape index (κ2) is 8.62. The van der Waals surface area contributed by atoms with Gasteiger partial charge in [-0.3, -0.25) is 10.1 Å². The summed E-state index contributed by atoms with van der Waals surface area (Å²) in [6.45, 7) is 0. The van der Waals surface area contributed by atoms with Crippen molar-refractivity contribution < 1.29 is 9.21 Å². The van der Waals surface area contributed by atoms with Gasteiger partial charge in [-0.25, -0.2) is 4.98 Å². The van der Waals surface area contributed by atoms with Crippen LogP contribution in [0.5, 0.6) is 0 Å². The number of nitrogens with one attached hydrogen (secondary N) is 2. The summed E-state index contributed by atoms with van der Waals surface area (Å²) in [7, 11) is 0. The molecule has 0 radical (unpaired) electrons. The van der Waals surface area contributed by atoms with Gasteiger partial charge in [0, 0.05) is 16.3 Å². The minimum atomic E-state index is -0.465. The smallest absolute Gasteiger partial charge is 0.258 e. The molecule has 0 saturated heterocycles. The molecular formula is C21H12Cl3N3O2S. The normalized spacial score (nSPS) is 10.8. The maximum Gasteiger partial charge on any atom is 0.258 e. The lowest BCUT2D eigenvalue weighted by molar-refractivity contribution is 0.0978. The molecule has 3 aromatic carbocycles. The fourth-order valence-corrected chi connectivity index (χ4v) is 3.46. The first-order chi connectivity index (χ1) is 14.4. The fourth-order valence-electron chi connectivity index (χ4n) is 2.73. The largest absolute Gasteiger partial charge is 0.436 e. The molecule has 0 aliphatic carbocycles. The van der Waals surface area contributed by atoms with Crippen molar-refractivity contribution >= 4 is 74.8 Å². The number of rotatable bonds is 3. The molecule has 1 amide bonds. The number of fused-ring (bicyclic) bond motifs is 1. The van der Waals surface area contributed by atoms with Crippen molar-refractivity contribution in [2.75, 3.05) is 5.32 Å². The average Bonchev–Trinajstić information content (AvgIpc) is 3.13. The van der Waals surface area contributed by atoms with Gasteiger partial charge in [0.1, 0.15) is 5.52 Å². The lowest BCUT2D eigenvalue weighted by atomic mass is 10.2. The van der Waals surface area contributed by atoms with Gasteiger partial charge in [0.05, 0.1) is 15.6 Å². The molecule has 1 heterocycles. The van der Waals surface area contributed by atoms with Gasteiger partial charge in [-0.05, 0) is 66.8 Å². The number of carbonyl (C=O) groups excluding carboxylic acids is 1. The van der Waals surface area contributed by atoms with Crippen LogP contribution in [0.1, 0.15) is 10.4 Å². The van der Waals surface area contributed by atoms with E-state index < -0.39 is 5.91 Å². The van der Waals surface area contributed by atoms with Gasteiger partial charge in [0.15, 0.2) is 10.7 Å². The molecule has 0 fully saturated rings. The number of hydrogen-bond donors (Lipinski definition) is 2. The van der Waals surface area contributed by atoms with Crippen molar-refractivity contribution in [3.63, 3.8) is 0 Å². The van der Waals surface area contributed by atoms with E-state index in [-0.39, 0.29) is 20.7 Å². The Balaban J connectivity index is 1.49. The Morgan fingerprint density at radius 1 is 1.00 bits per heavy atom. The first kappa shape index (κ1) is 20.6. The molecule has 0 atom stereocenters. The summed E-state index contributed by atoms with van der Waals surface area (Å²) in [5, 5.41) is 6.73. The third-order valence-corrected chi connectivity index (χ3v) is 5.43. The average molecular weight is 477 g/mol. The van der Waals surface area contributed by atoms with Crippen LogP contribution in [0.2, 0.25) is 15.1 Å². The fraction of sp³-hybridized carbons (Fsp3) is 0. The summed E-state index contributed by atoms with van der Waals surface area (Å²) in [6.07, 6.45) is 0. The Labute approximate surface area is 192 Å². The number of carbonyl (C=O) groups is 1. The molecule has 0 aliphatic rings. The number of hydrogen-bond acceptors (Lipinski definition) is 4. The quantitative estimate of drug-likeness (QED) is 0.327. The summed E-state index contributed by atoms with van der Waals surface area (Å²) in [4.78, 5) is 16.9. The van der Waals surface area contributed by atoms with Gasteiger partial charge in [-0.2, -0.15) is 0 Å². The van der Waals surface area contributed by atoms with Crippen LogP contribution in [0.25, 0.3) is 22.6 Å². The van der Waals surface area contributed by atoms with Crippen molar-refractivity contribution in [3.05, 3.63) is 81.3 Å². The predicted molar refractivity (Wildman–Crippen MR) is 125 cm³/mol. The Kier molecular flexibility index (Phi) is 5.92. The van der Waals surface area contributed by atoms with Crippen LogP contribution in [0.15, 0.2) is 65.1 Å². The van der Waals surface area contributed by atoms with Crippen LogP contribution in [0, 0.1) is 0 Å². The maximum absolute atomic E-state index is 12.4. The zero-order valence-electron chi connectivity index (χ0n) is 15.1. The number of oxazole rings is 1. The van der Waals surface area contributed by atoms with Gasteiger partial charge in [0.2, 0.25) is 5.89 Å². The number of nitrogens with zero attached hydrogens (tertiary/aromatic N) is 1. The third kappa shape index (κ3) is 4.42. The van der Waals surface area contributed by atoms with Crippen LogP contribution in [-0.2, 0) is 0 Å². The van der Waals surface area contributed by atoms with Gasteiger partial charge < -0.3 is 9.73 Å². The first-order valence-electron chi connectivity index (χ1n) is 8.63. The zero-order valence-corrected chi connectivity index (χ0v) is 18.2. The molecule has 0 spiro atoms. The predicted octanol–water partition coefficient (Wildman–Crippen LogP) is 6.58. The van der Waals surface area contributed by atoms with Crippen molar-refractivity contribution in [1.29, 1.82) is 0 Å². The molecule has 9 heteroatoms. The lowest BCUT2D eigenvalue weighted by Crippen LogP contribution is -2.34. The van der Waals surface area contributed by atoms with Crippen LogP contribution in [0.4, 0.5) is 5.69 Å². The molecule has 0 bridgehead atoms. The van der Waals surface area contributed by atoms with E-state index in [1.54, 1.807) is 48.5 Å². The highest BCUT2D eigenvalue weighted by Gasteiger charge is 2.14. The topological polar surface area (TPSA) is 67.2 Å². The molecule has 0 unspecified atom stereocenters. The molecule has 150 valence electrons. The van der Waals surface area contributed by atoms with E-state index in [4.69, 9.17) is 51.4 Å². The van der Waals surface area contributed by atoms with E-state index in [0.29, 0.717) is 27.7 Å². The standard InChI is InChI=1S/C21H12Cl3N3O2S/c22-12-6-4-11(5-7-12)20-26-16-10-13(8-9-17(16)29-20)25-21(30)27-19(28)14-2-1-3-15(23)18(14)24/h1-10H,(H2,25,27,28,30). The van der Waals surface area contributed by atoms with Crippen LogP contribution < -0.4 is 10.6 Å². The summed E-state index contributed by atoms with van der Waals surface area (Å²) in [5.74, 6) is 0.0119. The van der Waals surface area contributed by atoms with Crippen molar-refractivity contribution in [3.8, 4) is 11.5 Å². The van der Waals surface area contributed by atoms with Crippen LogP contribution in [0.3, 0.4) is 0 Å². The number of anilines is 1. The van der Waals surface area contributed by atoms with Crippen molar-refractivity contribution in [2.24, 2.45) is 0 Å². The van der Waals surface area contributed by atoms with Gasteiger partial charge in [0.25, 0.3) is 5.91 Å². The van der Waals surface area contributed by atoms with Gasteiger partial charge >= 0.3 is 0 Å². The van der Waals surface area contributed by atoms with Crippen molar-refractivity contribution in [1.82, 2.24) is 10.3 Å². The first-order valence-corrected chi connectivity index (χ1v) is 10.2. The third-order valence-electron chi connectivity index (χ3n) is 4.16. The molecule has 0 saturated carbocycles. The van der Waals surface area contributed by atoms with E-state index >= 15 is 0 Å². The Hall–Kier alpha value is -2.64. The molecule has 0 aliphatic heterocycles. The monoisotopic (exact) mass is 475 g/mol. The second-order valence-electron chi connectivity index (χ2n) is 6.22. The Morgan fingerprint density at radius 3 is 2.53 bits per heavy atom. The molecule has 30 heavy (non-hydrogen) atoms.